The lowest BCUT2D eigenvalue weighted by atomic mass is 10.1. The van der Waals surface area contributed by atoms with Gasteiger partial charge in [-0.3, -0.25) is 0 Å². The van der Waals surface area contributed by atoms with Gasteiger partial charge in [0.15, 0.2) is 0 Å². The summed E-state index contributed by atoms with van der Waals surface area (Å²) in [7, 11) is 0. The van der Waals surface area contributed by atoms with Crippen molar-refractivity contribution < 1.29 is 0 Å². The van der Waals surface area contributed by atoms with Gasteiger partial charge in [0.2, 0.25) is 0 Å². The predicted octanol–water partition coefficient (Wildman–Crippen LogP) is 3.64. The van der Waals surface area contributed by atoms with Crippen molar-refractivity contribution in [2.45, 2.75) is 64.8 Å². The third-order valence-electron chi connectivity index (χ3n) is 2.24. The van der Waals surface area contributed by atoms with E-state index < -0.39 is 0 Å². The smallest absolute Gasteiger partial charge is 0.00733 e. The lowest BCUT2D eigenvalue weighted by Crippen LogP contribution is -2.17. The normalized spacial score (nSPS) is 13.8. The Hall–Kier alpha value is -0.300. The van der Waals surface area contributed by atoms with Crippen molar-refractivity contribution in [3.05, 3.63) is 12.2 Å². The molecule has 2 N–H and O–H groups in total. The van der Waals surface area contributed by atoms with Crippen molar-refractivity contribution in [1.29, 1.82) is 0 Å². The molecule has 1 atom stereocenters. The first-order chi connectivity index (χ1) is 6.31. The zero-order valence-electron chi connectivity index (χ0n) is 9.26. The molecule has 0 aliphatic carbocycles. The van der Waals surface area contributed by atoms with Crippen LogP contribution in [0.4, 0.5) is 0 Å². The van der Waals surface area contributed by atoms with Crippen LogP contribution in [0.25, 0.3) is 0 Å². The van der Waals surface area contributed by atoms with Crippen LogP contribution in [0.2, 0.25) is 0 Å². The van der Waals surface area contributed by atoms with Crippen molar-refractivity contribution in [2.24, 2.45) is 5.73 Å². The van der Waals surface area contributed by atoms with Crippen LogP contribution < -0.4 is 5.73 Å². The molecule has 78 valence electrons. The van der Waals surface area contributed by atoms with Crippen molar-refractivity contribution in [1.82, 2.24) is 0 Å². The topological polar surface area (TPSA) is 26.0 Å². The lowest BCUT2D eigenvalue weighted by molar-refractivity contribution is 0.609. The zero-order valence-corrected chi connectivity index (χ0v) is 9.26. The summed E-state index contributed by atoms with van der Waals surface area (Å²) in [4.78, 5) is 0. The van der Waals surface area contributed by atoms with E-state index >= 15 is 0 Å². The van der Waals surface area contributed by atoms with Crippen LogP contribution in [0.1, 0.15) is 58.8 Å². The van der Waals surface area contributed by atoms with Gasteiger partial charge < -0.3 is 5.73 Å². The van der Waals surface area contributed by atoms with E-state index in [4.69, 9.17) is 5.73 Å². The largest absolute Gasteiger partial charge is 0.327 e. The van der Waals surface area contributed by atoms with Gasteiger partial charge in [0.25, 0.3) is 0 Å². The minimum absolute atomic E-state index is 0.382. The maximum absolute atomic E-state index is 5.87. The summed E-state index contributed by atoms with van der Waals surface area (Å²) in [5, 5.41) is 0. The molecule has 0 heterocycles. The Bertz CT molecular complexity index is 118. The highest BCUT2D eigenvalue weighted by atomic mass is 14.6. The van der Waals surface area contributed by atoms with E-state index in [1.807, 2.05) is 0 Å². The summed E-state index contributed by atoms with van der Waals surface area (Å²) in [6.07, 6.45) is 13.2. The van der Waals surface area contributed by atoms with Gasteiger partial charge in [0, 0.05) is 6.04 Å². The van der Waals surface area contributed by atoms with Crippen LogP contribution >= 0.6 is 0 Å². The van der Waals surface area contributed by atoms with Gasteiger partial charge in [-0.1, -0.05) is 45.3 Å². The van der Waals surface area contributed by atoms with E-state index in [2.05, 4.69) is 26.0 Å². The molecular weight excluding hydrogens is 158 g/mol. The molecule has 0 aromatic rings. The first-order valence-corrected chi connectivity index (χ1v) is 5.71. The Balaban J connectivity index is 3.19. The second-order valence-electron chi connectivity index (χ2n) is 3.75. The van der Waals surface area contributed by atoms with Crippen LogP contribution in [-0.2, 0) is 0 Å². The molecular formula is C12H25N. The number of rotatable bonds is 8. The molecule has 0 aromatic heterocycles. The Kier molecular flexibility index (Phi) is 9.56. The highest BCUT2D eigenvalue weighted by Crippen LogP contribution is 2.03. The molecule has 0 rings (SSSR count). The van der Waals surface area contributed by atoms with Crippen LogP contribution in [0, 0.1) is 0 Å². The summed E-state index contributed by atoms with van der Waals surface area (Å²) in [5.74, 6) is 0. The Morgan fingerprint density at radius 2 is 1.85 bits per heavy atom. The van der Waals surface area contributed by atoms with Crippen LogP contribution in [0.5, 0.6) is 0 Å². The molecule has 0 saturated heterocycles. The van der Waals surface area contributed by atoms with Gasteiger partial charge >= 0.3 is 0 Å². The van der Waals surface area contributed by atoms with Crippen molar-refractivity contribution in [2.75, 3.05) is 0 Å². The minimum Gasteiger partial charge on any atom is -0.327 e. The van der Waals surface area contributed by atoms with Crippen LogP contribution in [0.15, 0.2) is 12.2 Å². The first-order valence-electron chi connectivity index (χ1n) is 5.71. The maximum atomic E-state index is 5.87. The molecule has 0 amide bonds. The highest BCUT2D eigenvalue weighted by Gasteiger charge is 1.95. The van der Waals surface area contributed by atoms with E-state index in [0.29, 0.717) is 6.04 Å². The van der Waals surface area contributed by atoms with E-state index in [-0.39, 0.29) is 0 Å². The lowest BCUT2D eigenvalue weighted by Gasteiger charge is -2.05. The molecule has 0 spiro atoms. The van der Waals surface area contributed by atoms with Gasteiger partial charge in [-0.15, -0.1) is 0 Å². The Labute approximate surface area is 83.4 Å². The van der Waals surface area contributed by atoms with E-state index in [9.17, 15) is 0 Å². The molecule has 0 aliphatic heterocycles. The molecule has 1 unspecified atom stereocenters. The second-order valence-corrected chi connectivity index (χ2v) is 3.75. The summed E-state index contributed by atoms with van der Waals surface area (Å²) < 4.78 is 0. The van der Waals surface area contributed by atoms with Gasteiger partial charge in [-0.05, 0) is 25.7 Å². The zero-order chi connectivity index (χ0) is 9.94. The predicted molar refractivity (Wildman–Crippen MR) is 60.8 cm³/mol. The average Bonchev–Trinajstić information content (AvgIpc) is 2.11. The number of nitrogens with two attached hydrogens (primary N) is 1. The maximum Gasteiger partial charge on any atom is 0.00733 e. The second kappa shape index (κ2) is 9.79. The van der Waals surface area contributed by atoms with Crippen molar-refractivity contribution in [3.63, 3.8) is 0 Å². The number of hydrogen-bond acceptors (Lipinski definition) is 1. The molecule has 0 radical (unpaired) electrons. The number of hydrogen-bond donors (Lipinski definition) is 1. The molecule has 13 heavy (non-hydrogen) atoms. The fourth-order valence-corrected chi connectivity index (χ4v) is 1.39. The molecule has 0 aromatic carbocycles. The van der Waals surface area contributed by atoms with Crippen molar-refractivity contribution in [3.8, 4) is 0 Å². The third-order valence-corrected chi connectivity index (χ3v) is 2.24. The van der Waals surface area contributed by atoms with Crippen LogP contribution in [0.3, 0.4) is 0 Å². The summed E-state index contributed by atoms with van der Waals surface area (Å²) in [6, 6.07) is 0.382. The summed E-state index contributed by atoms with van der Waals surface area (Å²) in [6.45, 7) is 4.42. The SMILES string of the molecule is CCCCCC=CCC(N)CCC. The van der Waals surface area contributed by atoms with E-state index in [0.717, 1.165) is 12.8 Å². The standard InChI is InChI=1S/C12H25N/c1-3-5-6-7-8-9-11-12(13)10-4-2/h8-9,12H,3-7,10-11,13H2,1-2H3. The monoisotopic (exact) mass is 183 g/mol. The van der Waals surface area contributed by atoms with Crippen molar-refractivity contribution >= 4 is 0 Å². The summed E-state index contributed by atoms with van der Waals surface area (Å²) in [5.41, 5.74) is 5.87. The average molecular weight is 183 g/mol. The van der Waals surface area contributed by atoms with E-state index in [1.165, 1.54) is 32.1 Å². The van der Waals surface area contributed by atoms with Gasteiger partial charge in [0.1, 0.15) is 0 Å². The Morgan fingerprint density at radius 3 is 2.46 bits per heavy atom. The molecule has 0 aliphatic rings. The molecule has 1 nitrogen and oxygen atoms in total. The van der Waals surface area contributed by atoms with Crippen LogP contribution in [-0.4, -0.2) is 6.04 Å². The quantitative estimate of drug-likeness (QED) is 0.451. The molecule has 0 saturated carbocycles. The van der Waals surface area contributed by atoms with Gasteiger partial charge in [0.05, 0.1) is 0 Å². The highest BCUT2D eigenvalue weighted by molar-refractivity contribution is 4.85. The van der Waals surface area contributed by atoms with Gasteiger partial charge in [-0.25, -0.2) is 0 Å². The number of unbranched alkanes of at least 4 members (excludes halogenated alkanes) is 3. The summed E-state index contributed by atoms with van der Waals surface area (Å²) >= 11 is 0. The Morgan fingerprint density at radius 1 is 1.08 bits per heavy atom. The molecule has 0 fully saturated rings. The van der Waals surface area contributed by atoms with E-state index in [1.54, 1.807) is 0 Å². The fraction of sp³-hybridized carbons (Fsp3) is 0.833. The third kappa shape index (κ3) is 9.62. The van der Waals surface area contributed by atoms with Gasteiger partial charge in [-0.2, -0.15) is 0 Å². The number of allylic oxidation sites excluding steroid dienone is 1. The molecule has 0 bridgehead atoms. The minimum atomic E-state index is 0.382. The molecule has 1 heteroatoms. The fourth-order valence-electron chi connectivity index (χ4n) is 1.39. The first kappa shape index (κ1) is 12.7.